The quantitative estimate of drug-likeness (QED) is 0.706. The van der Waals surface area contributed by atoms with Crippen molar-refractivity contribution in [3.8, 4) is 0 Å². The first-order chi connectivity index (χ1) is 5.83. The lowest BCUT2D eigenvalue weighted by Crippen LogP contribution is -2.05. The summed E-state index contributed by atoms with van der Waals surface area (Å²) in [7, 11) is 0. The van der Waals surface area contributed by atoms with Crippen LogP contribution in [0.25, 0.3) is 0 Å². The molecule has 0 atom stereocenters. The Hall–Kier alpha value is -0.830. The summed E-state index contributed by atoms with van der Waals surface area (Å²) in [6, 6.07) is 3.77. The minimum Gasteiger partial charge on any atom is -0.298 e. The Morgan fingerprint density at radius 2 is 2.50 bits per heavy atom. The fourth-order valence-electron chi connectivity index (χ4n) is 0.942. The molecule has 0 aromatic carbocycles. The summed E-state index contributed by atoms with van der Waals surface area (Å²) in [4.78, 5) is 15.1. The Labute approximate surface area is 76.4 Å². The van der Waals surface area contributed by atoms with Gasteiger partial charge in [-0.1, -0.05) is 6.07 Å². The van der Waals surface area contributed by atoms with Gasteiger partial charge < -0.3 is 0 Å². The van der Waals surface area contributed by atoms with Gasteiger partial charge in [-0.3, -0.25) is 9.78 Å². The topological polar surface area (TPSA) is 30.0 Å². The average molecular weight is 181 g/mol. The molecule has 0 N–H and O–H groups in total. The lowest BCUT2D eigenvalue weighted by molar-refractivity contribution is -0.115. The molecule has 64 valence electrons. The van der Waals surface area contributed by atoms with Crippen LogP contribution >= 0.6 is 11.8 Å². The number of aromatic nitrogens is 1. The van der Waals surface area contributed by atoms with Crippen LogP contribution in [0.1, 0.15) is 5.56 Å². The van der Waals surface area contributed by atoms with Crippen LogP contribution in [0.15, 0.2) is 24.5 Å². The van der Waals surface area contributed by atoms with Crippen LogP contribution in [0, 0.1) is 0 Å². The molecular formula is C9H11NOS. The second-order valence-electron chi connectivity index (χ2n) is 2.51. The lowest BCUT2D eigenvalue weighted by atomic mass is 10.2. The predicted octanol–water partition coefficient (Wildman–Crippen LogP) is 1.56. The molecule has 0 bridgehead atoms. The number of hydrogen-bond donors (Lipinski definition) is 0. The average Bonchev–Trinajstić information content (AvgIpc) is 2.06. The molecule has 1 aromatic rings. The van der Waals surface area contributed by atoms with Gasteiger partial charge in [-0.05, 0) is 17.9 Å². The monoisotopic (exact) mass is 181 g/mol. The van der Waals surface area contributed by atoms with Gasteiger partial charge in [0.2, 0.25) is 0 Å². The third-order valence-corrected chi connectivity index (χ3v) is 2.04. The van der Waals surface area contributed by atoms with Gasteiger partial charge in [0.25, 0.3) is 0 Å². The van der Waals surface area contributed by atoms with Crippen LogP contribution in [0.4, 0.5) is 0 Å². The van der Waals surface area contributed by atoms with Crippen molar-refractivity contribution in [2.75, 3.05) is 12.0 Å². The first-order valence-electron chi connectivity index (χ1n) is 3.72. The zero-order valence-electron chi connectivity index (χ0n) is 6.99. The van der Waals surface area contributed by atoms with Gasteiger partial charge in [-0.2, -0.15) is 11.8 Å². The number of ketones is 1. The highest BCUT2D eigenvalue weighted by Gasteiger charge is 2.01. The number of Topliss-reactive ketones (excluding diaryl/α,β-unsaturated/α-hetero) is 1. The van der Waals surface area contributed by atoms with Crippen LogP contribution in [0.3, 0.4) is 0 Å². The highest BCUT2D eigenvalue weighted by atomic mass is 32.2. The molecule has 0 fully saturated rings. The summed E-state index contributed by atoms with van der Waals surface area (Å²) in [5.74, 6) is 0.852. The van der Waals surface area contributed by atoms with E-state index in [1.807, 2.05) is 18.4 Å². The summed E-state index contributed by atoms with van der Waals surface area (Å²) >= 11 is 1.56. The molecule has 0 saturated carbocycles. The molecular weight excluding hydrogens is 170 g/mol. The van der Waals surface area contributed by atoms with Crippen molar-refractivity contribution in [2.24, 2.45) is 0 Å². The molecule has 12 heavy (non-hydrogen) atoms. The van der Waals surface area contributed by atoms with Crippen LogP contribution in [-0.4, -0.2) is 22.8 Å². The van der Waals surface area contributed by atoms with Gasteiger partial charge in [0.05, 0.1) is 5.75 Å². The Bertz CT molecular complexity index is 248. The Balaban J connectivity index is 2.47. The van der Waals surface area contributed by atoms with E-state index >= 15 is 0 Å². The summed E-state index contributed by atoms with van der Waals surface area (Å²) < 4.78 is 0. The zero-order valence-corrected chi connectivity index (χ0v) is 7.80. The number of pyridine rings is 1. The molecule has 0 aliphatic heterocycles. The summed E-state index contributed by atoms with van der Waals surface area (Å²) in [6.07, 6.45) is 5.89. The summed E-state index contributed by atoms with van der Waals surface area (Å²) in [6.45, 7) is 0. The second kappa shape index (κ2) is 4.93. The van der Waals surface area contributed by atoms with Gasteiger partial charge in [-0.25, -0.2) is 0 Å². The van der Waals surface area contributed by atoms with Crippen LogP contribution in [0.5, 0.6) is 0 Å². The molecule has 1 aromatic heterocycles. The molecule has 3 heteroatoms. The molecule has 2 nitrogen and oxygen atoms in total. The van der Waals surface area contributed by atoms with E-state index in [1.54, 1.807) is 24.2 Å². The number of nitrogens with zero attached hydrogens (tertiary/aromatic N) is 1. The van der Waals surface area contributed by atoms with E-state index in [0.29, 0.717) is 12.2 Å². The summed E-state index contributed by atoms with van der Waals surface area (Å²) in [5.41, 5.74) is 0.997. The Morgan fingerprint density at radius 1 is 1.67 bits per heavy atom. The maximum absolute atomic E-state index is 11.2. The molecule has 0 aliphatic carbocycles. The van der Waals surface area contributed by atoms with E-state index in [1.165, 1.54) is 0 Å². The molecule has 1 heterocycles. The van der Waals surface area contributed by atoms with E-state index < -0.39 is 0 Å². The van der Waals surface area contributed by atoms with Crippen molar-refractivity contribution < 1.29 is 4.79 Å². The van der Waals surface area contributed by atoms with E-state index in [9.17, 15) is 4.79 Å². The number of carbonyl (C=O) groups is 1. The number of thioether (sulfide) groups is 1. The zero-order chi connectivity index (χ0) is 8.81. The number of carbonyl (C=O) groups excluding carboxylic acids is 1. The Kier molecular flexibility index (Phi) is 3.80. The van der Waals surface area contributed by atoms with Crippen molar-refractivity contribution in [1.29, 1.82) is 0 Å². The molecule has 0 radical (unpaired) electrons. The van der Waals surface area contributed by atoms with Crippen molar-refractivity contribution in [3.63, 3.8) is 0 Å². The SMILES string of the molecule is CSCC(=O)Cc1cccnc1. The third-order valence-electron chi connectivity index (χ3n) is 1.43. The molecule has 0 spiro atoms. The number of rotatable bonds is 4. The minimum absolute atomic E-state index is 0.260. The molecule has 0 aliphatic rings. The standard InChI is InChI=1S/C9H11NOS/c1-12-7-9(11)5-8-3-2-4-10-6-8/h2-4,6H,5,7H2,1H3. The molecule has 0 saturated heterocycles. The largest absolute Gasteiger partial charge is 0.298 e. The first-order valence-corrected chi connectivity index (χ1v) is 5.12. The van der Waals surface area contributed by atoms with E-state index in [4.69, 9.17) is 0 Å². The van der Waals surface area contributed by atoms with Gasteiger partial charge in [0.15, 0.2) is 0 Å². The van der Waals surface area contributed by atoms with Crippen LogP contribution in [-0.2, 0) is 11.2 Å². The van der Waals surface area contributed by atoms with Crippen molar-refractivity contribution in [1.82, 2.24) is 4.98 Å². The van der Waals surface area contributed by atoms with Crippen molar-refractivity contribution >= 4 is 17.5 Å². The minimum atomic E-state index is 0.260. The van der Waals surface area contributed by atoms with E-state index in [-0.39, 0.29) is 5.78 Å². The highest BCUT2D eigenvalue weighted by Crippen LogP contribution is 2.01. The normalized spacial score (nSPS) is 9.75. The van der Waals surface area contributed by atoms with E-state index in [2.05, 4.69) is 4.98 Å². The molecule has 0 amide bonds. The van der Waals surface area contributed by atoms with Crippen LogP contribution in [0.2, 0.25) is 0 Å². The van der Waals surface area contributed by atoms with Gasteiger partial charge in [-0.15, -0.1) is 0 Å². The summed E-state index contributed by atoms with van der Waals surface area (Å²) in [5, 5.41) is 0. The molecule has 1 rings (SSSR count). The maximum atomic E-state index is 11.2. The Morgan fingerprint density at radius 3 is 3.08 bits per heavy atom. The van der Waals surface area contributed by atoms with Crippen molar-refractivity contribution in [3.05, 3.63) is 30.1 Å². The second-order valence-corrected chi connectivity index (χ2v) is 3.38. The van der Waals surface area contributed by atoms with Gasteiger partial charge in [0.1, 0.15) is 5.78 Å². The van der Waals surface area contributed by atoms with Crippen LogP contribution < -0.4 is 0 Å². The fourth-order valence-corrected chi connectivity index (χ4v) is 1.37. The van der Waals surface area contributed by atoms with Gasteiger partial charge in [0, 0.05) is 18.8 Å². The number of hydrogen-bond acceptors (Lipinski definition) is 3. The lowest BCUT2D eigenvalue weighted by Gasteiger charge is -1.97. The fraction of sp³-hybridized carbons (Fsp3) is 0.333. The highest BCUT2D eigenvalue weighted by molar-refractivity contribution is 7.99. The first kappa shape index (κ1) is 9.26. The smallest absolute Gasteiger partial charge is 0.147 e. The molecule has 0 unspecified atom stereocenters. The maximum Gasteiger partial charge on any atom is 0.147 e. The van der Waals surface area contributed by atoms with E-state index in [0.717, 1.165) is 5.56 Å². The third kappa shape index (κ3) is 3.05. The predicted molar refractivity (Wildman–Crippen MR) is 51.3 cm³/mol. The van der Waals surface area contributed by atoms with Gasteiger partial charge >= 0.3 is 0 Å². The van der Waals surface area contributed by atoms with Crippen molar-refractivity contribution in [2.45, 2.75) is 6.42 Å².